The van der Waals surface area contributed by atoms with Gasteiger partial charge in [-0.1, -0.05) is 11.6 Å². The number of fused-ring (bicyclic) bond motifs is 2. The highest BCUT2D eigenvalue weighted by Crippen LogP contribution is 2.40. The Balaban J connectivity index is 0.00000112. The zero-order valence-electron chi connectivity index (χ0n) is 15.7. The Hall–Kier alpha value is -1.07. The number of carbonyl (C=O) groups excluding carboxylic acids is 1. The molecule has 2 aromatic rings. The maximum Gasteiger partial charge on any atom is 0.254 e. The molecule has 1 aromatic carbocycles. The van der Waals surface area contributed by atoms with E-state index in [-0.39, 0.29) is 30.7 Å². The quantitative estimate of drug-likeness (QED) is 0.734. The second-order valence-electron chi connectivity index (χ2n) is 8.08. The SMILES string of the molecule is Cl.Cl.O=C(c1cc(C2CC2)nc2ccc(Cl)cc12)N1CC[C@@H]2CNC[C@@H]2CC1. The van der Waals surface area contributed by atoms with Gasteiger partial charge in [-0.2, -0.15) is 0 Å². The Kier molecular flexibility index (Phi) is 6.76. The summed E-state index contributed by atoms with van der Waals surface area (Å²) in [5, 5.41) is 5.04. The fourth-order valence-electron chi connectivity index (χ4n) is 4.58. The molecule has 2 atom stereocenters. The smallest absolute Gasteiger partial charge is 0.254 e. The van der Waals surface area contributed by atoms with Gasteiger partial charge in [0.2, 0.25) is 0 Å². The Morgan fingerprint density at radius 2 is 1.71 bits per heavy atom. The average molecular weight is 443 g/mol. The third-order valence-corrected chi connectivity index (χ3v) is 6.56. The first kappa shape index (κ1) is 21.6. The van der Waals surface area contributed by atoms with E-state index >= 15 is 0 Å². The summed E-state index contributed by atoms with van der Waals surface area (Å²) in [4.78, 5) is 20.3. The molecule has 152 valence electrons. The molecule has 1 aromatic heterocycles. The summed E-state index contributed by atoms with van der Waals surface area (Å²) < 4.78 is 0. The number of hydrogen-bond acceptors (Lipinski definition) is 3. The van der Waals surface area contributed by atoms with Gasteiger partial charge in [0.1, 0.15) is 0 Å². The van der Waals surface area contributed by atoms with Crippen LogP contribution >= 0.6 is 36.4 Å². The Morgan fingerprint density at radius 1 is 1.04 bits per heavy atom. The van der Waals surface area contributed by atoms with Gasteiger partial charge < -0.3 is 10.2 Å². The van der Waals surface area contributed by atoms with Crippen molar-refractivity contribution in [1.29, 1.82) is 0 Å². The number of likely N-dealkylation sites (tertiary alicyclic amines) is 1. The van der Waals surface area contributed by atoms with Gasteiger partial charge in [-0.05, 0) is 74.9 Å². The van der Waals surface area contributed by atoms with Crippen LogP contribution in [0.15, 0.2) is 24.3 Å². The van der Waals surface area contributed by atoms with Crippen molar-refractivity contribution in [2.45, 2.75) is 31.6 Å². The van der Waals surface area contributed by atoms with E-state index < -0.39 is 0 Å². The van der Waals surface area contributed by atoms with Crippen molar-refractivity contribution < 1.29 is 4.79 Å². The zero-order chi connectivity index (χ0) is 17.7. The van der Waals surface area contributed by atoms with Crippen LogP contribution in [0.2, 0.25) is 5.02 Å². The number of pyridine rings is 1. The van der Waals surface area contributed by atoms with E-state index in [1.54, 1.807) is 0 Å². The fraction of sp³-hybridized carbons (Fsp3) is 0.524. The molecular formula is C21H26Cl3N3O. The third-order valence-electron chi connectivity index (χ3n) is 6.32. The Morgan fingerprint density at radius 3 is 2.36 bits per heavy atom. The second-order valence-corrected chi connectivity index (χ2v) is 8.51. The minimum Gasteiger partial charge on any atom is -0.339 e. The van der Waals surface area contributed by atoms with Crippen molar-refractivity contribution in [3.8, 4) is 0 Å². The molecule has 4 nitrogen and oxygen atoms in total. The summed E-state index contributed by atoms with van der Waals surface area (Å²) in [6.45, 7) is 3.91. The molecule has 3 heterocycles. The molecule has 1 saturated carbocycles. The van der Waals surface area contributed by atoms with Crippen LogP contribution in [-0.4, -0.2) is 42.0 Å². The van der Waals surface area contributed by atoms with Crippen molar-refractivity contribution in [2.75, 3.05) is 26.2 Å². The molecule has 0 spiro atoms. The van der Waals surface area contributed by atoms with Crippen LogP contribution < -0.4 is 5.32 Å². The van der Waals surface area contributed by atoms with Gasteiger partial charge in [0.25, 0.3) is 5.91 Å². The summed E-state index contributed by atoms with van der Waals surface area (Å²) in [5.41, 5.74) is 2.74. The molecule has 1 amide bonds. The minimum atomic E-state index is 0. The number of benzene rings is 1. The molecule has 0 bridgehead atoms. The molecule has 3 aliphatic rings. The van der Waals surface area contributed by atoms with Gasteiger partial charge >= 0.3 is 0 Å². The zero-order valence-corrected chi connectivity index (χ0v) is 18.1. The Labute approximate surface area is 183 Å². The van der Waals surface area contributed by atoms with Gasteiger partial charge in [0.05, 0.1) is 11.1 Å². The first-order chi connectivity index (χ1) is 12.7. The summed E-state index contributed by atoms with van der Waals surface area (Å²) >= 11 is 6.23. The largest absolute Gasteiger partial charge is 0.339 e. The molecule has 1 aliphatic carbocycles. The van der Waals surface area contributed by atoms with E-state index in [0.717, 1.165) is 73.0 Å². The second kappa shape index (κ2) is 8.74. The lowest BCUT2D eigenvalue weighted by Crippen LogP contribution is -2.33. The van der Waals surface area contributed by atoms with E-state index in [9.17, 15) is 4.79 Å². The van der Waals surface area contributed by atoms with Crippen LogP contribution in [0.3, 0.4) is 0 Å². The normalized spacial score (nSPS) is 24.1. The van der Waals surface area contributed by atoms with Crippen molar-refractivity contribution in [3.63, 3.8) is 0 Å². The molecule has 5 rings (SSSR count). The van der Waals surface area contributed by atoms with Crippen molar-refractivity contribution in [3.05, 3.63) is 40.5 Å². The molecule has 0 radical (unpaired) electrons. The monoisotopic (exact) mass is 441 g/mol. The Bertz CT molecular complexity index is 857. The maximum absolute atomic E-state index is 13.4. The van der Waals surface area contributed by atoms with E-state index in [1.807, 2.05) is 24.3 Å². The average Bonchev–Trinajstić information content (AvgIpc) is 3.44. The van der Waals surface area contributed by atoms with Gasteiger partial charge in [-0.15, -0.1) is 24.8 Å². The van der Waals surface area contributed by atoms with Crippen LogP contribution in [0.1, 0.15) is 47.7 Å². The number of halogens is 3. The molecule has 3 fully saturated rings. The predicted octanol–water partition coefficient (Wildman–Crippen LogP) is 4.68. The molecular weight excluding hydrogens is 417 g/mol. The standard InChI is InChI=1S/C21H24ClN3O.2ClH/c22-16-3-4-19-17(9-16)18(10-20(24-19)13-1-2-13)21(26)25-7-5-14-11-23-12-15(14)6-8-25;;/h3-4,9-10,13-15,23H,1-2,5-8,11-12H2;2*1H/t14-,15+;;. The molecule has 0 unspecified atom stereocenters. The van der Waals surface area contributed by atoms with E-state index in [1.165, 1.54) is 12.8 Å². The predicted molar refractivity (Wildman–Crippen MR) is 118 cm³/mol. The van der Waals surface area contributed by atoms with Crippen molar-refractivity contribution in [1.82, 2.24) is 15.2 Å². The highest BCUT2D eigenvalue weighted by molar-refractivity contribution is 6.31. The highest BCUT2D eigenvalue weighted by atomic mass is 35.5. The molecule has 1 N–H and O–H groups in total. The summed E-state index contributed by atoms with van der Waals surface area (Å²) in [5.74, 6) is 2.11. The first-order valence-corrected chi connectivity index (χ1v) is 10.2. The van der Waals surface area contributed by atoms with Crippen molar-refractivity contribution in [2.24, 2.45) is 11.8 Å². The van der Waals surface area contributed by atoms with Gasteiger partial charge in [-0.25, -0.2) is 0 Å². The number of rotatable bonds is 2. The van der Waals surface area contributed by atoms with Crippen LogP contribution in [0, 0.1) is 11.8 Å². The summed E-state index contributed by atoms with van der Waals surface area (Å²) in [6, 6.07) is 7.73. The van der Waals surface area contributed by atoms with Crippen molar-refractivity contribution >= 4 is 53.2 Å². The third kappa shape index (κ3) is 4.11. The fourth-order valence-corrected chi connectivity index (χ4v) is 4.75. The van der Waals surface area contributed by atoms with Crippen LogP contribution in [0.5, 0.6) is 0 Å². The van der Waals surface area contributed by atoms with Crippen LogP contribution in [0.25, 0.3) is 10.9 Å². The number of amides is 1. The van der Waals surface area contributed by atoms with Crippen LogP contribution in [-0.2, 0) is 0 Å². The summed E-state index contributed by atoms with van der Waals surface area (Å²) in [7, 11) is 0. The topological polar surface area (TPSA) is 45.2 Å². The molecule has 7 heteroatoms. The lowest BCUT2D eigenvalue weighted by atomic mass is 9.92. The lowest BCUT2D eigenvalue weighted by Gasteiger charge is -2.22. The van der Waals surface area contributed by atoms with Crippen LogP contribution in [0.4, 0.5) is 0 Å². The number of nitrogens with one attached hydrogen (secondary N) is 1. The maximum atomic E-state index is 13.4. The minimum absolute atomic E-state index is 0. The number of carbonyl (C=O) groups is 1. The lowest BCUT2D eigenvalue weighted by molar-refractivity contribution is 0.0760. The number of aromatic nitrogens is 1. The molecule has 2 aliphatic heterocycles. The van der Waals surface area contributed by atoms with Gasteiger partial charge in [0, 0.05) is 35.1 Å². The van der Waals surface area contributed by atoms with E-state index in [0.29, 0.717) is 10.9 Å². The summed E-state index contributed by atoms with van der Waals surface area (Å²) in [6.07, 6.45) is 4.56. The van der Waals surface area contributed by atoms with E-state index in [2.05, 4.69) is 10.2 Å². The van der Waals surface area contributed by atoms with Gasteiger partial charge in [0.15, 0.2) is 0 Å². The molecule has 2 saturated heterocycles. The van der Waals surface area contributed by atoms with E-state index in [4.69, 9.17) is 16.6 Å². The van der Waals surface area contributed by atoms with Gasteiger partial charge in [-0.3, -0.25) is 9.78 Å². The number of hydrogen-bond donors (Lipinski definition) is 1. The number of nitrogens with zero attached hydrogens (tertiary/aromatic N) is 2. The first-order valence-electron chi connectivity index (χ1n) is 9.79. The molecule has 28 heavy (non-hydrogen) atoms. The highest BCUT2D eigenvalue weighted by Gasteiger charge is 2.33.